The molecule has 1 atom stereocenters. The second-order valence-electron chi connectivity index (χ2n) is 7.63. The van der Waals surface area contributed by atoms with Crippen molar-refractivity contribution in [3.63, 3.8) is 0 Å². The maximum atomic E-state index is 12.5. The molecule has 1 saturated heterocycles. The highest BCUT2D eigenvalue weighted by molar-refractivity contribution is 7.14. The van der Waals surface area contributed by atoms with Crippen LogP contribution in [-0.2, 0) is 24.8 Å². The molecular weight excluding hydrogens is 380 g/mol. The Labute approximate surface area is 176 Å². The number of carbonyl (C=O) groups excluding carboxylic acids is 1. The van der Waals surface area contributed by atoms with Crippen molar-refractivity contribution in [3.8, 4) is 0 Å². The fourth-order valence-corrected chi connectivity index (χ4v) is 5.16. The molecule has 0 radical (unpaired) electrons. The van der Waals surface area contributed by atoms with Crippen molar-refractivity contribution in [1.82, 2.24) is 14.5 Å². The lowest BCUT2D eigenvalue weighted by Gasteiger charge is -2.24. The summed E-state index contributed by atoms with van der Waals surface area (Å²) in [5.74, 6) is -0.00495. The van der Waals surface area contributed by atoms with Crippen molar-refractivity contribution < 1.29 is 4.79 Å². The Morgan fingerprint density at radius 3 is 2.83 bits per heavy atom. The van der Waals surface area contributed by atoms with Crippen LogP contribution in [0.5, 0.6) is 0 Å². The second-order valence-corrected chi connectivity index (χ2v) is 8.47. The molecular formula is C23H28N4OS. The predicted octanol–water partition coefficient (Wildman–Crippen LogP) is 5.07. The van der Waals surface area contributed by atoms with E-state index in [1.165, 1.54) is 18.5 Å². The van der Waals surface area contributed by atoms with Gasteiger partial charge < -0.3 is 4.57 Å². The Kier molecular flexibility index (Phi) is 5.83. The molecule has 0 spiro atoms. The highest BCUT2D eigenvalue weighted by Crippen LogP contribution is 2.35. The monoisotopic (exact) mass is 408 g/mol. The zero-order valence-electron chi connectivity index (χ0n) is 17.3. The first-order valence-corrected chi connectivity index (χ1v) is 11.1. The average Bonchev–Trinajstić information content (AvgIpc) is 3.44. The summed E-state index contributed by atoms with van der Waals surface area (Å²) >= 11 is 1.55. The molecule has 1 aliphatic heterocycles. The second kappa shape index (κ2) is 8.51. The van der Waals surface area contributed by atoms with Crippen LogP contribution in [0.1, 0.15) is 49.7 Å². The smallest absolute Gasteiger partial charge is 0.230 e. The summed E-state index contributed by atoms with van der Waals surface area (Å²) in [5, 5.41) is 2.85. The molecule has 3 heterocycles. The van der Waals surface area contributed by atoms with Crippen molar-refractivity contribution in [2.75, 3.05) is 11.4 Å². The summed E-state index contributed by atoms with van der Waals surface area (Å²) < 4.78 is 2.22. The highest BCUT2D eigenvalue weighted by atomic mass is 32.1. The zero-order chi connectivity index (χ0) is 20.4. The summed E-state index contributed by atoms with van der Waals surface area (Å²) in [6, 6.07) is 12.8. The Morgan fingerprint density at radius 2 is 2.10 bits per heavy atom. The van der Waals surface area contributed by atoms with E-state index >= 15 is 0 Å². The van der Waals surface area contributed by atoms with Crippen molar-refractivity contribution in [3.05, 3.63) is 64.9 Å². The van der Waals surface area contributed by atoms with Gasteiger partial charge in [0.2, 0.25) is 5.91 Å². The third-order valence-corrected chi connectivity index (χ3v) is 6.59. The number of thiazole rings is 1. The lowest BCUT2D eigenvalue weighted by molar-refractivity contribution is -0.115. The SMILES string of the molecule is CCc1ccccc1N(C(C)=O)c1nc(CN2CCCC2c2cccn2C)cs1. The van der Waals surface area contributed by atoms with Crippen LogP contribution >= 0.6 is 11.3 Å². The van der Waals surface area contributed by atoms with E-state index in [1.807, 2.05) is 18.2 Å². The van der Waals surface area contributed by atoms with Crippen LogP contribution in [0.2, 0.25) is 0 Å². The topological polar surface area (TPSA) is 41.4 Å². The number of likely N-dealkylation sites (tertiary alicyclic amines) is 1. The van der Waals surface area contributed by atoms with Crippen LogP contribution in [0.4, 0.5) is 10.8 Å². The number of aromatic nitrogens is 2. The van der Waals surface area contributed by atoms with Gasteiger partial charge in [0.25, 0.3) is 0 Å². The van der Waals surface area contributed by atoms with Gasteiger partial charge in [0, 0.05) is 37.8 Å². The molecule has 0 saturated carbocycles. The van der Waals surface area contributed by atoms with Crippen LogP contribution in [0, 0.1) is 0 Å². The van der Waals surface area contributed by atoms with Crippen LogP contribution in [0.3, 0.4) is 0 Å². The van der Waals surface area contributed by atoms with Gasteiger partial charge in [0.1, 0.15) is 0 Å². The zero-order valence-corrected chi connectivity index (χ0v) is 18.2. The molecule has 2 aromatic heterocycles. The van der Waals surface area contributed by atoms with Crippen LogP contribution in [0.15, 0.2) is 48.0 Å². The Bertz CT molecular complexity index is 992. The first-order valence-electron chi connectivity index (χ1n) is 10.3. The van der Waals surface area contributed by atoms with Gasteiger partial charge in [-0.1, -0.05) is 25.1 Å². The van der Waals surface area contributed by atoms with Gasteiger partial charge in [-0.2, -0.15) is 0 Å². The normalized spacial score (nSPS) is 17.0. The summed E-state index contributed by atoms with van der Waals surface area (Å²) in [6.07, 6.45) is 5.38. The molecule has 0 N–H and O–H groups in total. The van der Waals surface area contributed by atoms with Crippen molar-refractivity contribution >= 4 is 28.1 Å². The largest absolute Gasteiger partial charge is 0.353 e. The minimum atomic E-state index is -0.00495. The van der Waals surface area contributed by atoms with E-state index in [0.29, 0.717) is 6.04 Å². The first-order chi connectivity index (χ1) is 14.1. The van der Waals surface area contributed by atoms with Crippen molar-refractivity contribution in [2.24, 2.45) is 7.05 Å². The number of amides is 1. The maximum absolute atomic E-state index is 12.5. The summed E-state index contributed by atoms with van der Waals surface area (Å²) in [6.45, 7) is 5.62. The molecule has 1 aliphatic rings. The standard InChI is InChI=1S/C23H28N4OS/c1-4-18-9-5-6-10-20(18)27(17(2)28)23-24-19(16-29-23)15-26-14-8-12-22(26)21-11-7-13-25(21)3/h5-7,9-11,13,16,22H,4,8,12,14-15H2,1-3H3. The molecule has 1 amide bonds. The number of hydrogen-bond acceptors (Lipinski definition) is 4. The lowest BCUT2D eigenvalue weighted by Crippen LogP contribution is -2.25. The molecule has 1 unspecified atom stereocenters. The lowest BCUT2D eigenvalue weighted by atomic mass is 10.1. The molecule has 3 aromatic rings. The maximum Gasteiger partial charge on any atom is 0.230 e. The number of carbonyl (C=O) groups is 1. The van der Waals surface area contributed by atoms with E-state index in [0.717, 1.165) is 41.6 Å². The Balaban J connectivity index is 1.57. The molecule has 1 fully saturated rings. The van der Waals surface area contributed by atoms with E-state index in [9.17, 15) is 4.79 Å². The first kappa shape index (κ1) is 19.9. The highest BCUT2D eigenvalue weighted by Gasteiger charge is 2.28. The van der Waals surface area contributed by atoms with E-state index < -0.39 is 0 Å². The molecule has 1 aromatic carbocycles. The van der Waals surface area contributed by atoms with Gasteiger partial charge in [0.15, 0.2) is 5.13 Å². The summed E-state index contributed by atoms with van der Waals surface area (Å²) in [5.41, 5.74) is 4.49. The van der Waals surface area contributed by atoms with Gasteiger partial charge in [0.05, 0.1) is 17.4 Å². The van der Waals surface area contributed by atoms with E-state index in [4.69, 9.17) is 4.98 Å². The summed E-state index contributed by atoms with van der Waals surface area (Å²) in [4.78, 5) is 21.6. The number of hydrogen-bond donors (Lipinski definition) is 0. The van der Waals surface area contributed by atoms with Crippen LogP contribution < -0.4 is 4.90 Å². The molecule has 152 valence electrons. The van der Waals surface area contributed by atoms with Crippen molar-refractivity contribution in [1.29, 1.82) is 0 Å². The van der Waals surface area contributed by atoms with Gasteiger partial charge >= 0.3 is 0 Å². The Hall–Kier alpha value is -2.44. The minimum absolute atomic E-state index is 0.00495. The number of nitrogens with zero attached hydrogens (tertiary/aromatic N) is 4. The van der Waals surface area contributed by atoms with Crippen molar-refractivity contribution in [2.45, 2.75) is 45.7 Å². The van der Waals surface area contributed by atoms with E-state index in [-0.39, 0.29) is 5.91 Å². The Morgan fingerprint density at radius 1 is 1.28 bits per heavy atom. The van der Waals surface area contributed by atoms with E-state index in [2.05, 4.69) is 53.2 Å². The number of rotatable bonds is 6. The third-order valence-electron chi connectivity index (χ3n) is 5.71. The number of benzene rings is 1. The van der Waals surface area contributed by atoms with E-state index in [1.54, 1.807) is 23.2 Å². The van der Waals surface area contributed by atoms with Crippen LogP contribution in [0.25, 0.3) is 0 Å². The van der Waals surface area contributed by atoms with Crippen LogP contribution in [-0.4, -0.2) is 26.9 Å². The molecule has 0 aliphatic carbocycles. The number of anilines is 2. The quantitative estimate of drug-likeness (QED) is 0.572. The van der Waals surface area contributed by atoms with Gasteiger partial charge in [-0.05, 0) is 49.6 Å². The average molecular weight is 409 g/mol. The molecule has 6 heteroatoms. The van der Waals surface area contributed by atoms with Gasteiger partial charge in [-0.15, -0.1) is 11.3 Å². The fourth-order valence-electron chi connectivity index (χ4n) is 4.29. The third kappa shape index (κ3) is 4.00. The minimum Gasteiger partial charge on any atom is -0.353 e. The fraction of sp³-hybridized carbons (Fsp3) is 0.391. The molecule has 0 bridgehead atoms. The molecule has 29 heavy (non-hydrogen) atoms. The molecule has 4 rings (SSSR count). The van der Waals surface area contributed by atoms with Gasteiger partial charge in [-0.25, -0.2) is 4.98 Å². The van der Waals surface area contributed by atoms with Gasteiger partial charge in [-0.3, -0.25) is 14.6 Å². The molecule has 5 nitrogen and oxygen atoms in total. The predicted molar refractivity (Wildman–Crippen MR) is 119 cm³/mol. The number of para-hydroxylation sites is 1. The summed E-state index contributed by atoms with van der Waals surface area (Å²) in [7, 11) is 2.11. The number of aryl methyl sites for hydroxylation is 2.